The second-order valence-corrected chi connectivity index (χ2v) is 5.43. The van der Waals surface area contributed by atoms with Crippen molar-refractivity contribution in [2.45, 2.75) is 11.8 Å². The molecule has 5 heteroatoms. The van der Waals surface area contributed by atoms with Gasteiger partial charge in [-0.15, -0.1) is 0 Å². The summed E-state index contributed by atoms with van der Waals surface area (Å²) in [6.45, 7) is 1.71. The van der Waals surface area contributed by atoms with Gasteiger partial charge in [-0.1, -0.05) is 47.5 Å². The van der Waals surface area contributed by atoms with E-state index in [4.69, 9.17) is 23.2 Å². The molecule has 0 aliphatic rings. The fraction of sp³-hybridized carbons (Fsp3) is 0.133. The summed E-state index contributed by atoms with van der Waals surface area (Å²) in [6, 6.07) is 12.0. The summed E-state index contributed by atoms with van der Waals surface area (Å²) in [6.07, 6.45) is 0. The number of anilines is 1. The summed E-state index contributed by atoms with van der Waals surface area (Å²) >= 11 is 11.0. The molecule has 2 aromatic carbocycles. The highest BCUT2D eigenvalue weighted by Crippen LogP contribution is 2.24. The van der Waals surface area contributed by atoms with Crippen LogP contribution >= 0.6 is 23.2 Å². The number of aryl methyl sites for hydroxylation is 1. The second-order valence-electron chi connectivity index (χ2n) is 4.33. The summed E-state index contributed by atoms with van der Waals surface area (Å²) < 4.78 is 13.6. The maximum atomic E-state index is 13.6. The SMILES string of the molecule is Cc1ccc(-c2cccc(NC(=O)C(Cl)Cl)c2)cc1F. The fourth-order valence-electron chi connectivity index (χ4n) is 1.75. The van der Waals surface area contributed by atoms with Gasteiger partial charge in [0, 0.05) is 5.69 Å². The Morgan fingerprint density at radius 1 is 1.15 bits per heavy atom. The summed E-state index contributed by atoms with van der Waals surface area (Å²) in [5.41, 5.74) is 2.67. The Morgan fingerprint density at radius 2 is 1.85 bits per heavy atom. The monoisotopic (exact) mass is 311 g/mol. The van der Waals surface area contributed by atoms with Crippen molar-refractivity contribution >= 4 is 34.8 Å². The lowest BCUT2D eigenvalue weighted by molar-refractivity contribution is -0.114. The Kier molecular flexibility index (Phi) is 4.63. The van der Waals surface area contributed by atoms with Gasteiger partial charge < -0.3 is 5.32 Å². The van der Waals surface area contributed by atoms with Crippen LogP contribution in [-0.4, -0.2) is 10.7 Å². The first-order valence-electron chi connectivity index (χ1n) is 5.93. The van der Waals surface area contributed by atoms with Crippen LogP contribution < -0.4 is 5.32 Å². The van der Waals surface area contributed by atoms with E-state index in [1.165, 1.54) is 6.07 Å². The summed E-state index contributed by atoms with van der Waals surface area (Å²) in [5, 5.41) is 2.58. The average molecular weight is 312 g/mol. The standard InChI is InChI=1S/C15H12Cl2FNO/c1-9-5-6-11(8-13(9)18)10-3-2-4-12(7-10)19-15(20)14(16)17/h2-8,14H,1H3,(H,19,20). The predicted molar refractivity (Wildman–Crippen MR) is 80.7 cm³/mol. The molecular formula is C15H12Cl2FNO. The molecule has 2 nitrogen and oxygen atoms in total. The van der Waals surface area contributed by atoms with E-state index in [1.54, 1.807) is 31.2 Å². The first kappa shape index (κ1) is 14.8. The molecule has 0 saturated carbocycles. The van der Waals surface area contributed by atoms with Crippen LogP contribution in [0.1, 0.15) is 5.56 Å². The molecule has 0 atom stereocenters. The molecule has 0 spiro atoms. The molecule has 20 heavy (non-hydrogen) atoms. The quantitative estimate of drug-likeness (QED) is 0.828. The van der Waals surface area contributed by atoms with Crippen LogP contribution in [0.25, 0.3) is 11.1 Å². The number of carbonyl (C=O) groups excluding carboxylic acids is 1. The Balaban J connectivity index is 2.29. The number of nitrogens with one attached hydrogen (secondary N) is 1. The molecule has 0 aliphatic heterocycles. The smallest absolute Gasteiger partial charge is 0.257 e. The highest BCUT2D eigenvalue weighted by atomic mass is 35.5. The minimum Gasteiger partial charge on any atom is -0.324 e. The Hall–Kier alpha value is -1.58. The van der Waals surface area contributed by atoms with E-state index in [2.05, 4.69) is 5.32 Å². The number of alkyl halides is 2. The van der Waals surface area contributed by atoms with E-state index < -0.39 is 10.7 Å². The van der Waals surface area contributed by atoms with E-state index in [-0.39, 0.29) is 5.82 Å². The van der Waals surface area contributed by atoms with Gasteiger partial charge >= 0.3 is 0 Å². The number of hydrogen-bond donors (Lipinski definition) is 1. The number of amides is 1. The lowest BCUT2D eigenvalue weighted by Gasteiger charge is -2.08. The van der Waals surface area contributed by atoms with Crippen molar-refractivity contribution in [2.75, 3.05) is 5.32 Å². The van der Waals surface area contributed by atoms with Crippen LogP contribution in [0.5, 0.6) is 0 Å². The van der Waals surface area contributed by atoms with Gasteiger partial charge in [0.15, 0.2) is 4.84 Å². The minimum atomic E-state index is -1.13. The number of hydrogen-bond acceptors (Lipinski definition) is 1. The summed E-state index contributed by atoms with van der Waals surface area (Å²) in [5.74, 6) is -0.765. The van der Waals surface area contributed by atoms with Gasteiger partial charge in [0.1, 0.15) is 5.82 Å². The molecule has 0 radical (unpaired) electrons. The van der Waals surface area contributed by atoms with Crippen LogP contribution in [0.3, 0.4) is 0 Å². The lowest BCUT2D eigenvalue weighted by Crippen LogP contribution is -2.18. The third-order valence-corrected chi connectivity index (χ3v) is 3.23. The van der Waals surface area contributed by atoms with Crippen molar-refractivity contribution in [1.82, 2.24) is 0 Å². The third kappa shape index (κ3) is 3.50. The Bertz CT molecular complexity index is 644. The normalized spacial score (nSPS) is 10.7. The van der Waals surface area contributed by atoms with Crippen LogP contribution in [0, 0.1) is 12.7 Å². The van der Waals surface area contributed by atoms with Gasteiger partial charge in [0.25, 0.3) is 5.91 Å². The number of rotatable bonds is 3. The van der Waals surface area contributed by atoms with Gasteiger partial charge in [-0.05, 0) is 41.8 Å². The highest BCUT2D eigenvalue weighted by Gasteiger charge is 2.11. The van der Waals surface area contributed by atoms with Gasteiger partial charge in [-0.2, -0.15) is 0 Å². The number of carbonyl (C=O) groups is 1. The van der Waals surface area contributed by atoms with Crippen molar-refractivity contribution in [3.8, 4) is 11.1 Å². The number of benzene rings is 2. The molecule has 1 N–H and O–H groups in total. The molecule has 0 bridgehead atoms. The average Bonchev–Trinajstić information content (AvgIpc) is 2.42. The molecular weight excluding hydrogens is 300 g/mol. The fourth-order valence-corrected chi connectivity index (χ4v) is 1.85. The van der Waals surface area contributed by atoms with Gasteiger partial charge in [0.2, 0.25) is 0 Å². The molecule has 0 fully saturated rings. The minimum absolute atomic E-state index is 0.265. The van der Waals surface area contributed by atoms with E-state index >= 15 is 0 Å². The molecule has 2 rings (SSSR count). The predicted octanol–water partition coefficient (Wildman–Crippen LogP) is 4.54. The zero-order chi connectivity index (χ0) is 14.7. The van der Waals surface area contributed by atoms with Crippen LogP contribution in [-0.2, 0) is 4.79 Å². The van der Waals surface area contributed by atoms with E-state index in [9.17, 15) is 9.18 Å². The van der Waals surface area contributed by atoms with Gasteiger partial charge in [-0.25, -0.2) is 4.39 Å². The molecule has 2 aromatic rings. The van der Waals surface area contributed by atoms with Crippen molar-refractivity contribution < 1.29 is 9.18 Å². The maximum Gasteiger partial charge on any atom is 0.257 e. The zero-order valence-corrected chi connectivity index (χ0v) is 12.2. The van der Waals surface area contributed by atoms with E-state index in [0.717, 1.165) is 11.1 Å². The van der Waals surface area contributed by atoms with E-state index in [0.29, 0.717) is 11.3 Å². The molecule has 0 aliphatic carbocycles. The topological polar surface area (TPSA) is 29.1 Å². The molecule has 0 heterocycles. The molecule has 1 amide bonds. The van der Waals surface area contributed by atoms with Crippen molar-refractivity contribution in [3.05, 3.63) is 53.8 Å². The first-order valence-corrected chi connectivity index (χ1v) is 6.80. The first-order chi connectivity index (χ1) is 9.47. The molecule has 104 valence electrons. The van der Waals surface area contributed by atoms with Crippen LogP contribution in [0.2, 0.25) is 0 Å². The van der Waals surface area contributed by atoms with Crippen molar-refractivity contribution in [3.63, 3.8) is 0 Å². The molecule has 0 unspecified atom stereocenters. The molecule has 0 saturated heterocycles. The lowest BCUT2D eigenvalue weighted by atomic mass is 10.0. The third-order valence-electron chi connectivity index (χ3n) is 2.83. The largest absolute Gasteiger partial charge is 0.324 e. The molecule has 0 aromatic heterocycles. The van der Waals surface area contributed by atoms with E-state index in [1.807, 2.05) is 12.1 Å². The zero-order valence-electron chi connectivity index (χ0n) is 10.7. The van der Waals surface area contributed by atoms with Crippen LogP contribution in [0.4, 0.5) is 10.1 Å². The van der Waals surface area contributed by atoms with Gasteiger partial charge in [-0.3, -0.25) is 4.79 Å². The second kappa shape index (κ2) is 6.25. The summed E-state index contributed by atoms with van der Waals surface area (Å²) in [7, 11) is 0. The Labute approximate surface area is 126 Å². The Morgan fingerprint density at radius 3 is 2.50 bits per heavy atom. The van der Waals surface area contributed by atoms with Crippen molar-refractivity contribution in [1.29, 1.82) is 0 Å². The number of halogens is 3. The van der Waals surface area contributed by atoms with Gasteiger partial charge in [0.05, 0.1) is 0 Å². The summed E-state index contributed by atoms with van der Waals surface area (Å²) in [4.78, 5) is 10.3. The van der Waals surface area contributed by atoms with Crippen molar-refractivity contribution in [2.24, 2.45) is 0 Å². The highest BCUT2D eigenvalue weighted by molar-refractivity contribution is 6.54. The maximum absolute atomic E-state index is 13.6. The van der Waals surface area contributed by atoms with Crippen LogP contribution in [0.15, 0.2) is 42.5 Å².